The molecule has 0 aromatic heterocycles. The number of halogens is 2. The summed E-state index contributed by atoms with van der Waals surface area (Å²) in [6.45, 7) is -0.223. The third-order valence-electron chi connectivity index (χ3n) is 3.78. The highest BCUT2D eigenvalue weighted by Gasteiger charge is 2.31. The van der Waals surface area contributed by atoms with Crippen LogP contribution in [0.1, 0.15) is 0 Å². The predicted octanol–water partition coefficient (Wildman–Crippen LogP) is 2.10. The molecule has 3 rings (SSSR count). The van der Waals surface area contributed by atoms with Gasteiger partial charge in [-0.05, 0) is 24.3 Å². The van der Waals surface area contributed by atoms with E-state index in [0.717, 1.165) is 19.2 Å². The normalized spacial score (nSPS) is 13.1. The summed E-state index contributed by atoms with van der Waals surface area (Å²) in [6.07, 6.45) is 0. The number of benzene rings is 2. The van der Waals surface area contributed by atoms with Gasteiger partial charge >= 0.3 is 5.97 Å². The number of carbonyl (C=O) groups excluding carboxylic acids is 1. The van der Waals surface area contributed by atoms with Crippen LogP contribution in [0.5, 0.6) is 11.5 Å². The highest BCUT2D eigenvalue weighted by molar-refractivity contribution is 7.92. The molecule has 0 saturated heterocycles. The zero-order valence-electron chi connectivity index (χ0n) is 14.1. The number of rotatable bonds is 5. The average molecular weight is 399 g/mol. The SMILES string of the molecule is COC(=O)CN(c1ccc(F)cc1F)S(=O)(=O)c1ccc2c(c1)OCCO2. The van der Waals surface area contributed by atoms with Crippen LogP contribution in [0.4, 0.5) is 14.5 Å². The minimum atomic E-state index is -4.39. The largest absolute Gasteiger partial charge is 0.486 e. The second-order valence-corrected chi connectivity index (χ2v) is 7.35. The van der Waals surface area contributed by atoms with Crippen molar-refractivity contribution >= 4 is 21.7 Å². The van der Waals surface area contributed by atoms with Crippen molar-refractivity contribution < 1.29 is 36.2 Å². The van der Waals surface area contributed by atoms with Crippen molar-refractivity contribution in [3.63, 3.8) is 0 Å². The molecule has 1 aliphatic rings. The summed E-state index contributed by atoms with van der Waals surface area (Å²) in [7, 11) is -3.33. The highest BCUT2D eigenvalue weighted by atomic mass is 32.2. The smallest absolute Gasteiger partial charge is 0.326 e. The maximum Gasteiger partial charge on any atom is 0.326 e. The van der Waals surface area contributed by atoms with Crippen LogP contribution in [0.25, 0.3) is 0 Å². The Balaban J connectivity index is 2.08. The van der Waals surface area contributed by atoms with E-state index in [4.69, 9.17) is 9.47 Å². The lowest BCUT2D eigenvalue weighted by atomic mass is 10.3. The van der Waals surface area contributed by atoms with E-state index < -0.39 is 39.9 Å². The van der Waals surface area contributed by atoms with E-state index in [-0.39, 0.29) is 17.3 Å². The second-order valence-electron chi connectivity index (χ2n) is 5.49. The molecule has 0 atom stereocenters. The first-order chi connectivity index (χ1) is 12.8. The maximum atomic E-state index is 14.2. The monoisotopic (exact) mass is 399 g/mol. The van der Waals surface area contributed by atoms with Crippen LogP contribution in [0, 0.1) is 11.6 Å². The zero-order chi connectivity index (χ0) is 19.6. The molecule has 0 N–H and O–H groups in total. The zero-order valence-corrected chi connectivity index (χ0v) is 15.0. The molecule has 144 valence electrons. The fourth-order valence-corrected chi connectivity index (χ4v) is 3.91. The van der Waals surface area contributed by atoms with E-state index in [1.807, 2.05) is 0 Å². The summed E-state index contributed by atoms with van der Waals surface area (Å²) in [6, 6.07) is 6.22. The summed E-state index contributed by atoms with van der Waals surface area (Å²) < 4.78 is 69.3. The first-order valence-electron chi connectivity index (χ1n) is 7.77. The Labute approximate surface area is 154 Å². The number of hydrogen-bond acceptors (Lipinski definition) is 6. The molecule has 10 heteroatoms. The number of fused-ring (bicyclic) bond motifs is 1. The lowest BCUT2D eigenvalue weighted by Crippen LogP contribution is -2.37. The molecule has 0 aliphatic carbocycles. The number of nitrogens with zero attached hydrogens (tertiary/aromatic N) is 1. The van der Waals surface area contributed by atoms with Crippen molar-refractivity contribution in [1.29, 1.82) is 0 Å². The standard InChI is InChI=1S/C17H15F2NO6S/c1-24-17(21)10-20(14-4-2-11(18)8-13(14)19)27(22,23)12-3-5-15-16(9-12)26-7-6-25-15/h2-5,8-9H,6-7,10H2,1H3. The number of carbonyl (C=O) groups is 1. The lowest BCUT2D eigenvalue weighted by molar-refractivity contribution is -0.138. The van der Waals surface area contributed by atoms with Crippen molar-refractivity contribution in [2.24, 2.45) is 0 Å². The molecule has 0 fully saturated rings. The Hall–Kier alpha value is -2.88. The van der Waals surface area contributed by atoms with E-state index in [2.05, 4.69) is 4.74 Å². The van der Waals surface area contributed by atoms with Crippen LogP contribution in [-0.2, 0) is 19.6 Å². The first kappa shape index (κ1) is 18.9. The Bertz CT molecular complexity index is 979. The molecule has 27 heavy (non-hydrogen) atoms. The number of ether oxygens (including phenoxy) is 3. The molecular formula is C17H15F2NO6S. The molecule has 1 aliphatic heterocycles. The quantitative estimate of drug-likeness (QED) is 0.717. The van der Waals surface area contributed by atoms with Gasteiger partial charge in [0.2, 0.25) is 0 Å². The van der Waals surface area contributed by atoms with Crippen molar-refractivity contribution in [2.45, 2.75) is 4.90 Å². The van der Waals surface area contributed by atoms with Crippen molar-refractivity contribution in [3.05, 3.63) is 48.0 Å². The van der Waals surface area contributed by atoms with E-state index in [1.165, 1.54) is 18.2 Å². The van der Waals surface area contributed by atoms with Gasteiger partial charge in [-0.15, -0.1) is 0 Å². The van der Waals surface area contributed by atoms with Crippen LogP contribution in [0.15, 0.2) is 41.3 Å². The van der Waals surface area contributed by atoms with Crippen molar-refractivity contribution in [3.8, 4) is 11.5 Å². The van der Waals surface area contributed by atoms with Crippen molar-refractivity contribution in [1.82, 2.24) is 0 Å². The summed E-state index contributed by atoms with van der Waals surface area (Å²) in [5, 5.41) is 0. The van der Waals surface area contributed by atoms with Crippen molar-refractivity contribution in [2.75, 3.05) is 31.2 Å². The Morgan fingerprint density at radius 1 is 1.11 bits per heavy atom. The number of anilines is 1. The van der Waals surface area contributed by atoms with Gasteiger partial charge in [0, 0.05) is 12.1 Å². The minimum Gasteiger partial charge on any atom is -0.486 e. The molecular weight excluding hydrogens is 384 g/mol. The second kappa shape index (κ2) is 7.39. The van der Waals surface area contributed by atoms with Gasteiger partial charge in [-0.25, -0.2) is 17.2 Å². The summed E-state index contributed by atoms with van der Waals surface area (Å²) in [5.74, 6) is -2.36. The minimum absolute atomic E-state index is 0.208. The number of esters is 1. The summed E-state index contributed by atoms with van der Waals surface area (Å²) in [5.41, 5.74) is -0.489. The first-order valence-corrected chi connectivity index (χ1v) is 9.21. The highest BCUT2D eigenvalue weighted by Crippen LogP contribution is 2.34. The third kappa shape index (κ3) is 3.80. The molecule has 2 aromatic rings. The lowest BCUT2D eigenvalue weighted by Gasteiger charge is -2.25. The van der Waals surface area contributed by atoms with Crippen LogP contribution in [0.3, 0.4) is 0 Å². The number of sulfonamides is 1. The van der Waals surface area contributed by atoms with E-state index in [0.29, 0.717) is 22.7 Å². The van der Waals surface area contributed by atoms with Gasteiger partial charge in [0.1, 0.15) is 31.4 Å². The average Bonchev–Trinajstić information content (AvgIpc) is 2.66. The van der Waals surface area contributed by atoms with E-state index >= 15 is 0 Å². The molecule has 7 nitrogen and oxygen atoms in total. The van der Waals surface area contributed by atoms with E-state index in [1.54, 1.807) is 0 Å². The van der Waals surface area contributed by atoms with Gasteiger partial charge in [-0.3, -0.25) is 9.10 Å². The molecule has 0 unspecified atom stereocenters. The fourth-order valence-electron chi connectivity index (χ4n) is 2.48. The number of methoxy groups -OCH3 is 1. The molecule has 0 saturated carbocycles. The molecule has 0 bridgehead atoms. The molecule has 0 radical (unpaired) electrons. The number of hydrogen-bond donors (Lipinski definition) is 0. The third-order valence-corrected chi connectivity index (χ3v) is 5.54. The molecule has 0 spiro atoms. The Kier molecular flexibility index (Phi) is 5.17. The Morgan fingerprint density at radius 3 is 2.48 bits per heavy atom. The van der Waals surface area contributed by atoms with Gasteiger partial charge in [0.25, 0.3) is 10.0 Å². The van der Waals surface area contributed by atoms with Crippen LogP contribution >= 0.6 is 0 Å². The van der Waals surface area contributed by atoms with Crippen LogP contribution in [-0.4, -0.2) is 41.3 Å². The van der Waals surface area contributed by atoms with Gasteiger partial charge in [-0.1, -0.05) is 0 Å². The van der Waals surface area contributed by atoms with Gasteiger partial charge < -0.3 is 14.2 Å². The topological polar surface area (TPSA) is 82.1 Å². The summed E-state index contributed by atoms with van der Waals surface area (Å²) >= 11 is 0. The molecule has 1 heterocycles. The molecule has 0 amide bonds. The summed E-state index contributed by atoms with van der Waals surface area (Å²) in [4.78, 5) is 11.5. The van der Waals surface area contributed by atoms with Gasteiger partial charge in [-0.2, -0.15) is 0 Å². The Morgan fingerprint density at radius 2 is 1.81 bits per heavy atom. The van der Waals surface area contributed by atoms with Crippen LogP contribution in [0.2, 0.25) is 0 Å². The predicted molar refractivity (Wildman–Crippen MR) is 90.3 cm³/mol. The molecule has 2 aromatic carbocycles. The van der Waals surface area contributed by atoms with Gasteiger partial charge in [0.05, 0.1) is 17.7 Å². The van der Waals surface area contributed by atoms with E-state index in [9.17, 15) is 22.0 Å². The fraction of sp³-hybridized carbons (Fsp3) is 0.235. The van der Waals surface area contributed by atoms with Crippen LogP contribution < -0.4 is 13.8 Å². The maximum absolute atomic E-state index is 14.2. The van der Waals surface area contributed by atoms with Gasteiger partial charge in [0.15, 0.2) is 11.5 Å².